The van der Waals surface area contributed by atoms with Gasteiger partial charge in [-0.3, -0.25) is 14.2 Å². The van der Waals surface area contributed by atoms with Crippen molar-refractivity contribution in [3.8, 4) is 0 Å². The number of carbonyl (C=O) groups excluding carboxylic acids is 2. The first-order valence-electron chi connectivity index (χ1n) is 8.41. The molecule has 1 amide bonds. The van der Waals surface area contributed by atoms with Gasteiger partial charge in [0, 0.05) is 6.54 Å². The molecule has 0 spiro atoms. The molecule has 0 aliphatic rings. The Balaban J connectivity index is 2.26. The second-order valence-corrected chi connectivity index (χ2v) is 5.67. The lowest BCUT2D eigenvalue weighted by Crippen LogP contribution is -2.33. The first-order valence-corrected chi connectivity index (χ1v) is 8.41. The molecule has 2 rings (SSSR count). The largest absolute Gasteiger partial charge is 0.462 e. The first kappa shape index (κ1) is 18.7. The molecule has 2 aromatic rings. The summed E-state index contributed by atoms with van der Waals surface area (Å²) >= 11 is 0. The van der Waals surface area contributed by atoms with Crippen molar-refractivity contribution >= 4 is 23.0 Å². The third-order valence-corrected chi connectivity index (χ3v) is 3.75. The molecule has 2 aromatic heterocycles. The molecule has 0 saturated heterocycles. The Labute approximate surface area is 145 Å². The fraction of sp³-hybridized carbons (Fsp3) is 0.529. The van der Waals surface area contributed by atoms with Gasteiger partial charge in [-0.15, -0.1) is 0 Å². The first-order chi connectivity index (χ1) is 12.0. The van der Waals surface area contributed by atoms with Crippen molar-refractivity contribution in [1.29, 1.82) is 0 Å². The highest BCUT2D eigenvalue weighted by Crippen LogP contribution is 2.21. The number of aromatic nitrogens is 2. The number of nitrogens with zero attached hydrogens (tertiary/aromatic N) is 2. The summed E-state index contributed by atoms with van der Waals surface area (Å²) in [5, 5.41) is 2.80. The van der Waals surface area contributed by atoms with E-state index in [2.05, 4.69) is 17.2 Å². The molecule has 0 aliphatic heterocycles. The van der Waals surface area contributed by atoms with Crippen LogP contribution in [-0.4, -0.2) is 34.6 Å². The van der Waals surface area contributed by atoms with Gasteiger partial charge in [-0.2, -0.15) is 0 Å². The van der Waals surface area contributed by atoms with E-state index in [0.29, 0.717) is 6.54 Å². The van der Waals surface area contributed by atoms with Crippen LogP contribution >= 0.6 is 0 Å². The van der Waals surface area contributed by atoms with Gasteiger partial charge < -0.3 is 14.5 Å². The Morgan fingerprint density at radius 1 is 1.32 bits per heavy atom. The molecular formula is C17H23N3O5. The number of furan rings is 1. The molecule has 0 fully saturated rings. The van der Waals surface area contributed by atoms with Crippen molar-refractivity contribution in [3.05, 3.63) is 28.0 Å². The third-order valence-electron chi connectivity index (χ3n) is 3.75. The van der Waals surface area contributed by atoms with E-state index in [1.165, 1.54) is 6.33 Å². The van der Waals surface area contributed by atoms with Crippen LogP contribution in [0.1, 0.15) is 49.2 Å². The van der Waals surface area contributed by atoms with E-state index in [0.717, 1.165) is 23.8 Å². The minimum absolute atomic E-state index is 0.0391. The monoisotopic (exact) mass is 349 g/mol. The summed E-state index contributed by atoms with van der Waals surface area (Å²) in [5.74, 6) is -0.656. The topological polar surface area (TPSA) is 103 Å². The zero-order valence-corrected chi connectivity index (χ0v) is 14.8. The summed E-state index contributed by atoms with van der Waals surface area (Å²) in [6, 6.07) is 0. The Hall–Kier alpha value is -2.64. The van der Waals surface area contributed by atoms with Gasteiger partial charge in [0.1, 0.15) is 29.6 Å². The number of unbranched alkanes of at least 4 members (excludes halogenated alkanes) is 2. The van der Waals surface area contributed by atoms with E-state index >= 15 is 0 Å². The van der Waals surface area contributed by atoms with Crippen molar-refractivity contribution in [3.63, 3.8) is 0 Å². The lowest BCUT2D eigenvalue weighted by molar-refractivity contribution is -0.121. The summed E-state index contributed by atoms with van der Waals surface area (Å²) in [6.45, 7) is 5.90. The van der Waals surface area contributed by atoms with Gasteiger partial charge in [0.15, 0.2) is 0 Å². The lowest BCUT2D eigenvalue weighted by atomic mass is 10.2. The van der Waals surface area contributed by atoms with Crippen LogP contribution in [0.4, 0.5) is 0 Å². The molecule has 25 heavy (non-hydrogen) atoms. The molecule has 1 N–H and O–H groups in total. The number of carbonyl (C=O) groups is 2. The number of aryl methyl sites for hydroxylation is 1. The fourth-order valence-electron chi connectivity index (χ4n) is 2.51. The van der Waals surface area contributed by atoms with Crippen molar-refractivity contribution in [2.45, 2.75) is 46.6 Å². The Kier molecular flexibility index (Phi) is 6.32. The van der Waals surface area contributed by atoms with Crippen molar-refractivity contribution in [1.82, 2.24) is 14.9 Å². The average molecular weight is 349 g/mol. The van der Waals surface area contributed by atoms with Crippen LogP contribution in [0.25, 0.3) is 11.1 Å². The lowest BCUT2D eigenvalue weighted by Gasteiger charge is -2.07. The molecule has 0 atom stereocenters. The van der Waals surface area contributed by atoms with E-state index in [4.69, 9.17) is 9.15 Å². The molecule has 2 heterocycles. The molecule has 8 heteroatoms. The minimum Gasteiger partial charge on any atom is -0.462 e. The fourth-order valence-corrected chi connectivity index (χ4v) is 2.51. The van der Waals surface area contributed by atoms with Gasteiger partial charge in [0.2, 0.25) is 11.6 Å². The SMILES string of the molecule is CCCCCNC(=O)Cn1cnc2oc(C)c(C(=O)OCC)c2c1=O. The molecule has 0 bridgehead atoms. The summed E-state index contributed by atoms with van der Waals surface area (Å²) in [5.41, 5.74) is -0.383. The molecule has 8 nitrogen and oxygen atoms in total. The van der Waals surface area contributed by atoms with Gasteiger partial charge in [0.05, 0.1) is 6.61 Å². The zero-order chi connectivity index (χ0) is 18.4. The summed E-state index contributed by atoms with van der Waals surface area (Å²) in [6.07, 6.45) is 4.23. The van der Waals surface area contributed by atoms with E-state index in [1.807, 2.05) is 0 Å². The number of ether oxygens (including phenoxy) is 1. The third kappa shape index (κ3) is 4.26. The molecule has 0 saturated carbocycles. The number of rotatable bonds is 8. The van der Waals surface area contributed by atoms with Crippen molar-refractivity contribution in [2.24, 2.45) is 0 Å². The normalized spacial score (nSPS) is 10.8. The quantitative estimate of drug-likeness (QED) is 0.575. The maximum absolute atomic E-state index is 12.7. The second kappa shape index (κ2) is 8.46. The van der Waals surface area contributed by atoms with Gasteiger partial charge in [-0.25, -0.2) is 9.78 Å². The van der Waals surface area contributed by atoms with E-state index in [9.17, 15) is 14.4 Å². The summed E-state index contributed by atoms with van der Waals surface area (Å²) < 4.78 is 11.5. The smallest absolute Gasteiger partial charge is 0.342 e. The molecule has 0 aromatic carbocycles. The van der Waals surface area contributed by atoms with Gasteiger partial charge in [0.25, 0.3) is 5.56 Å². The van der Waals surface area contributed by atoms with Gasteiger partial charge >= 0.3 is 5.97 Å². The standard InChI is InChI=1S/C17H23N3O5/c1-4-6-7-8-18-12(21)9-20-10-19-15-14(16(20)22)13(11(3)25-15)17(23)24-5-2/h10H,4-9H2,1-3H3,(H,18,21). The average Bonchev–Trinajstić information content (AvgIpc) is 2.91. The molecule has 0 radical (unpaired) electrons. The van der Waals surface area contributed by atoms with Crippen LogP contribution in [0.2, 0.25) is 0 Å². The maximum atomic E-state index is 12.7. The van der Waals surface area contributed by atoms with Gasteiger partial charge in [-0.1, -0.05) is 19.8 Å². The van der Waals surface area contributed by atoms with Crippen LogP contribution in [0.5, 0.6) is 0 Å². The predicted molar refractivity (Wildman–Crippen MR) is 91.5 cm³/mol. The Morgan fingerprint density at radius 3 is 2.76 bits per heavy atom. The van der Waals surface area contributed by atoms with E-state index < -0.39 is 11.5 Å². The van der Waals surface area contributed by atoms with Crippen LogP contribution in [0.15, 0.2) is 15.5 Å². The highest BCUT2D eigenvalue weighted by atomic mass is 16.5. The highest BCUT2D eigenvalue weighted by Gasteiger charge is 2.24. The number of hydrogen-bond donors (Lipinski definition) is 1. The zero-order valence-electron chi connectivity index (χ0n) is 14.8. The molecule has 0 aliphatic carbocycles. The van der Waals surface area contributed by atoms with Crippen molar-refractivity contribution < 1.29 is 18.7 Å². The number of fused-ring (bicyclic) bond motifs is 1. The van der Waals surface area contributed by atoms with Crippen LogP contribution in [0.3, 0.4) is 0 Å². The summed E-state index contributed by atoms with van der Waals surface area (Å²) in [4.78, 5) is 40.8. The minimum atomic E-state index is -0.639. The van der Waals surface area contributed by atoms with E-state index in [-0.39, 0.29) is 41.5 Å². The molecular weight excluding hydrogens is 326 g/mol. The number of esters is 1. The highest BCUT2D eigenvalue weighted by molar-refractivity contribution is 6.03. The van der Waals surface area contributed by atoms with E-state index in [1.54, 1.807) is 13.8 Å². The van der Waals surface area contributed by atoms with Crippen LogP contribution in [-0.2, 0) is 16.1 Å². The summed E-state index contributed by atoms with van der Waals surface area (Å²) in [7, 11) is 0. The predicted octanol–water partition coefficient (Wildman–Crippen LogP) is 1.78. The number of hydrogen-bond acceptors (Lipinski definition) is 6. The second-order valence-electron chi connectivity index (χ2n) is 5.67. The van der Waals surface area contributed by atoms with Crippen LogP contribution < -0.4 is 10.9 Å². The maximum Gasteiger partial charge on any atom is 0.342 e. The Bertz CT molecular complexity index is 822. The molecule has 136 valence electrons. The van der Waals surface area contributed by atoms with Crippen LogP contribution in [0, 0.1) is 6.92 Å². The molecule has 0 unspecified atom stereocenters. The van der Waals surface area contributed by atoms with Crippen molar-refractivity contribution in [2.75, 3.05) is 13.2 Å². The van der Waals surface area contributed by atoms with Gasteiger partial charge in [-0.05, 0) is 20.3 Å². The number of nitrogens with one attached hydrogen (secondary N) is 1. The Morgan fingerprint density at radius 2 is 2.08 bits per heavy atom. The number of amides is 1.